The van der Waals surface area contributed by atoms with Crippen LogP contribution >= 0.6 is 0 Å². The minimum absolute atomic E-state index is 0.132. The third-order valence-electron chi connectivity index (χ3n) is 2.26. The molecule has 2 heterocycles. The molecule has 0 aromatic carbocycles. The molecule has 0 bridgehead atoms. The van der Waals surface area contributed by atoms with Crippen LogP contribution in [0.15, 0.2) is 24.8 Å². The highest BCUT2D eigenvalue weighted by atomic mass is 16.4. The molecule has 0 aliphatic heterocycles. The van der Waals surface area contributed by atoms with Gasteiger partial charge in [0.1, 0.15) is 11.6 Å². The van der Waals surface area contributed by atoms with Crippen LogP contribution in [-0.4, -0.2) is 42.1 Å². The number of imidazole rings is 2. The van der Waals surface area contributed by atoms with E-state index in [4.69, 9.17) is 10.2 Å². The predicted molar refractivity (Wildman–Crippen MR) is 69.1 cm³/mol. The Balaban J connectivity index is 0.000000200. The number of carboxylic acid groups (broad SMARTS) is 2. The molecule has 2 aromatic rings. The normalized spacial score (nSPS) is 9.60. The van der Waals surface area contributed by atoms with Crippen molar-refractivity contribution in [2.45, 2.75) is 25.7 Å². The second kappa shape index (κ2) is 8.46. The summed E-state index contributed by atoms with van der Waals surface area (Å²) < 4.78 is 0. The minimum Gasteiger partial charge on any atom is -0.481 e. The molecule has 0 saturated heterocycles. The Hall–Kier alpha value is -2.64. The predicted octanol–water partition coefficient (Wildman–Crippen LogP) is 0.854. The van der Waals surface area contributed by atoms with Crippen LogP contribution in [0, 0.1) is 0 Å². The Kier molecular flexibility index (Phi) is 6.52. The Morgan fingerprint density at radius 2 is 1.30 bits per heavy atom. The van der Waals surface area contributed by atoms with Crippen molar-refractivity contribution in [3.63, 3.8) is 0 Å². The average molecular weight is 280 g/mol. The van der Waals surface area contributed by atoms with Crippen LogP contribution in [0.25, 0.3) is 0 Å². The summed E-state index contributed by atoms with van der Waals surface area (Å²) in [5, 5.41) is 16.5. The zero-order chi connectivity index (χ0) is 14.8. The molecule has 0 aliphatic carbocycles. The first-order chi connectivity index (χ1) is 9.58. The molecule has 0 aliphatic rings. The fourth-order valence-electron chi connectivity index (χ4n) is 1.32. The summed E-state index contributed by atoms with van der Waals surface area (Å²) in [6.07, 6.45) is 7.79. The fraction of sp³-hybridized carbons (Fsp3) is 0.333. The molecule has 20 heavy (non-hydrogen) atoms. The third-order valence-corrected chi connectivity index (χ3v) is 2.26. The summed E-state index contributed by atoms with van der Waals surface area (Å²) in [6.45, 7) is 0. The molecule has 0 saturated carbocycles. The van der Waals surface area contributed by atoms with Gasteiger partial charge in [-0.3, -0.25) is 9.59 Å². The van der Waals surface area contributed by atoms with Crippen LogP contribution in [0.4, 0.5) is 0 Å². The van der Waals surface area contributed by atoms with E-state index in [2.05, 4.69) is 19.9 Å². The van der Waals surface area contributed by atoms with Gasteiger partial charge in [0.05, 0.1) is 12.8 Å². The highest BCUT2D eigenvalue weighted by molar-refractivity contribution is 5.67. The van der Waals surface area contributed by atoms with Crippen molar-refractivity contribution >= 4 is 11.9 Å². The van der Waals surface area contributed by atoms with Crippen molar-refractivity contribution in [2.75, 3.05) is 0 Å². The van der Waals surface area contributed by atoms with Gasteiger partial charge in [0, 0.05) is 37.6 Å². The number of aromatic nitrogens is 4. The molecule has 0 fully saturated rings. The maximum atomic E-state index is 10.1. The maximum absolute atomic E-state index is 10.1. The molecule has 2 rings (SSSR count). The second-order valence-corrected chi connectivity index (χ2v) is 3.86. The summed E-state index contributed by atoms with van der Waals surface area (Å²) in [4.78, 5) is 33.5. The lowest BCUT2D eigenvalue weighted by Crippen LogP contribution is -1.98. The Bertz CT molecular complexity index is 459. The number of aliphatic carboxylic acids is 2. The van der Waals surface area contributed by atoms with Gasteiger partial charge in [-0.2, -0.15) is 0 Å². The van der Waals surface area contributed by atoms with Gasteiger partial charge in [-0.15, -0.1) is 0 Å². The fourth-order valence-corrected chi connectivity index (χ4v) is 1.32. The summed E-state index contributed by atoms with van der Waals surface area (Å²) >= 11 is 0. The summed E-state index contributed by atoms with van der Waals surface area (Å²) in [7, 11) is 0. The number of nitrogens with zero attached hydrogens (tertiary/aromatic N) is 2. The molecule has 2 aromatic heterocycles. The molecule has 0 radical (unpaired) electrons. The molecular weight excluding hydrogens is 264 g/mol. The van der Waals surface area contributed by atoms with Crippen molar-refractivity contribution < 1.29 is 19.8 Å². The van der Waals surface area contributed by atoms with Gasteiger partial charge in [-0.25, -0.2) is 9.97 Å². The first-order valence-corrected chi connectivity index (χ1v) is 5.98. The second-order valence-electron chi connectivity index (χ2n) is 3.86. The van der Waals surface area contributed by atoms with E-state index in [0.29, 0.717) is 12.8 Å². The number of carbonyl (C=O) groups is 2. The maximum Gasteiger partial charge on any atom is 0.303 e. The van der Waals surface area contributed by atoms with Gasteiger partial charge in [-0.1, -0.05) is 0 Å². The summed E-state index contributed by atoms with van der Waals surface area (Å²) in [5.74, 6) is -0.141. The average Bonchev–Trinajstić information content (AvgIpc) is 3.08. The lowest BCUT2D eigenvalue weighted by Gasteiger charge is -1.89. The Morgan fingerprint density at radius 3 is 1.55 bits per heavy atom. The van der Waals surface area contributed by atoms with Crippen LogP contribution in [0.5, 0.6) is 0 Å². The van der Waals surface area contributed by atoms with Crippen LogP contribution in [-0.2, 0) is 22.4 Å². The van der Waals surface area contributed by atoms with E-state index in [1.54, 1.807) is 24.8 Å². The molecule has 0 atom stereocenters. The largest absolute Gasteiger partial charge is 0.481 e. The van der Waals surface area contributed by atoms with E-state index in [0.717, 1.165) is 11.6 Å². The SMILES string of the molecule is O=C(O)CCc1ncc[nH]1.O=C(O)CCc1ncc[nH]1. The van der Waals surface area contributed by atoms with Crippen molar-refractivity contribution in [1.29, 1.82) is 0 Å². The molecule has 8 heteroatoms. The van der Waals surface area contributed by atoms with Crippen LogP contribution in [0.3, 0.4) is 0 Å². The zero-order valence-corrected chi connectivity index (χ0v) is 10.7. The summed E-state index contributed by atoms with van der Waals surface area (Å²) in [6, 6.07) is 0. The lowest BCUT2D eigenvalue weighted by atomic mass is 10.3. The molecule has 0 spiro atoms. The number of nitrogens with one attached hydrogen (secondary N) is 2. The van der Waals surface area contributed by atoms with Gasteiger partial charge in [0.2, 0.25) is 0 Å². The Morgan fingerprint density at radius 1 is 0.900 bits per heavy atom. The number of rotatable bonds is 6. The van der Waals surface area contributed by atoms with E-state index >= 15 is 0 Å². The number of carboxylic acids is 2. The number of hydrogen-bond acceptors (Lipinski definition) is 4. The smallest absolute Gasteiger partial charge is 0.303 e. The van der Waals surface area contributed by atoms with E-state index in [1.165, 1.54) is 0 Å². The highest BCUT2D eigenvalue weighted by Gasteiger charge is 1.99. The van der Waals surface area contributed by atoms with Gasteiger partial charge in [-0.05, 0) is 0 Å². The zero-order valence-electron chi connectivity index (χ0n) is 10.7. The monoisotopic (exact) mass is 280 g/mol. The molecular formula is C12H16N4O4. The molecule has 0 amide bonds. The minimum atomic E-state index is -0.795. The van der Waals surface area contributed by atoms with Gasteiger partial charge < -0.3 is 20.2 Å². The van der Waals surface area contributed by atoms with Crippen molar-refractivity contribution in [3.8, 4) is 0 Å². The number of aromatic amines is 2. The summed E-state index contributed by atoms with van der Waals surface area (Å²) in [5.41, 5.74) is 0. The van der Waals surface area contributed by atoms with Crippen LogP contribution in [0.2, 0.25) is 0 Å². The number of hydrogen-bond donors (Lipinski definition) is 4. The van der Waals surface area contributed by atoms with E-state index in [1.807, 2.05) is 0 Å². The first kappa shape index (κ1) is 15.4. The van der Waals surface area contributed by atoms with Gasteiger partial charge >= 0.3 is 11.9 Å². The van der Waals surface area contributed by atoms with E-state index in [-0.39, 0.29) is 12.8 Å². The number of aryl methyl sites for hydroxylation is 2. The topological polar surface area (TPSA) is 132 Å². The van der Waals surface area contributed by atoms with Gasteiger partial charge in [0.15, 0.2) is 0 Å². The Labute approximate surface area is 114 Å². The first-order valence-electron chi connectivity index (χ1n) is 5.98. The molecule has 4 N–H and O–H groups in total. The van der Waals surface area contributed by atoms with E-state index < -0.39 is 11.9 Å². The molecule has 0 unspecified atom stereocenters. The van der Waals surface area contributed by atoms with E-state index in [9.17, 15) is 9.59 Å². The van der Waals surface area contributed by atoms with Crippen molar-refractivity contribution in [2.24, 2.45) is 0 Å². The quantitative estimate of drug-likeness (QED) is 0.620. The highest BCUT2D eigenvalue weighted by Crippen LogP contribution is 1.94. The lowest BCUT2D eigenvalue weighted by molar-refractivity contribution is -0.138. The van der Waals surface area contributed by atoms with Gasteiger partial charge in [0.25, 0.3) is 0 Å². The van der Waals surface area contributed by atoms with Crippen LogP contribution in [0.1, 0.15) is 24.5 Å². The molecule has 108 valence electrons. The van der Waals surface area contributed by atoms with Crippen LogP contribution < -0.4 is 0 Å². The standard InChI is InChI=1S/2C6H8N2O2/c2*9-6(10)2-1-5-7-3-4-8-5/h2*3-4H,1-2H2,(H,7,8)(H,9,10). The van der Waals surface area contributed by atoms with Crippen molar-refractivity contribution in [1.82, 2.24) is 19.9 Å². The molecule has 8 nitrogen and oxygen atoms in total. The third kappa shape index (κ3) is 6.94. The van der Waals surface area contributed by atoms with Crippen molar-refractivity contribution in [3.05, 3.63) is 36.4 Å². The number of H-pyrrole nitrogens is 2.